The molecule has 2 fully saturated rings. The van der Waals surface area contributed by atoms with Crippen LogP contribution in [-0.4, -0.2) is 85.6 Å². The number of fused-ring (bicyclic) bond motifs is 5. The fourth-order valence-electron chi connectivity index (χ4n) is 7.26. The second-order valence-electron chi connectivity index (χ2n) is 11.6. The number of nitrogens with one attached hydrogen (secondary N) is 1. The van der Waals surface area contributed by atoms with Crippen LogP contribution in [0.5, 0.6) is 5.75 Å². The average molecular weight is 593 g/mol. The highest BCUT2D eigenvalue weighted by Crippen LogP contribution is 2.47. The molecule has 12 heteroatoms. The van der Waals surface area contributed by atoms with E-state index in [1.807, 2.05) is 17.0 Å². The molecule has 5 aliphatic rings. The van der Waals surface area contributed by atoms with Crippen molar-refractivity contribution in [1.82, 2.24) is 30.0 Å². The first-order valence-electron chi connectivity index (χ1n) is 14.9. The fourth-order valence-corrected chi connectivity index (χ4v) is 7.26. The van der Waals surface area contributed by atoms with Crippen LogP contribution >= 0.6 is 0 Å². The number of aromatic nitrogens is 4. The van der Waals surface area contributed by atoms with Gasteiger partial charge in [-0.1, -0.05) is 12.1 Å². The quantitative estimate of drug-likeness (QED) is 0.488. The molecule has 0 saturated carbocycles. The largest absolute Gasteiger partial charge is 0.494 e. The number of ketones is 1. The van der Waals surface area contributed by atoms with Gasteiger partial charge in [0.25, 0.3) is 5.91 Å². The number of benzene rings is 1. The maximum Gasteiger partial charge on any atom is 0.291 e. The van der Waals surface area contributed by atoms with E-state index in [4.69, 9.17) is 14.7 Å². The summed E-state index contributed by atoms with van der Waals surface area (Å²) in [6.07, 6.45) is 8.76. The van der Waals surface area contributed by atoms with E-state index in [-0.39, 0.29) is 35.3 Å². The molecule has 3 atom stereocenters. The van der Waals surface area contributed by atoms with Crippen LogP contribution in [0.4, 0.5) is 4.39 Å². The molecule has 0 radical (unpaired) electrons. The zero-order valence-electron chi connectivity index (χ0n) is 24.0. The van der Waals surface area contributed by atoms with Gasteiger partial charge in [-0.3, -0.25) is 24.7 Å². The SMILES string of the molecule is COc1ccc(-c2ccc(C3=CCCN4C3=NC(=C3CC5CCC3N5C(=O)c3ncn[nH]3)C3C(=O)CCN=C34)cn2)cc1F. The van der Waals surface area contributed by atoms with Crippen molar-refractivity contribution in [2.75, 3.05) is 20.2 Å². The van der Waals surface area contributed by atoms with Crippen LogP contribution in [0.1, 0.15) is 48.3 Å². The van der Waals surface area contributed by atoms with Gasteiger partial charge in [0.15, 0.2) is 17.3 Å². The Balaban J connectivity index is 1.19. The maximum absolute atomic E-state index is 14.4. The third-order valence-corrected chi connectivity index (χ3v) is 9.25. The Kier molecular flexibility index (Phi) is 6.24. The fraction of sp³-hybridized carbons (Fsp3) is 0.344. The van der Waals surface area contributed by atoms with Crippen LogP contribution in [0.15, 0.2) is 70.2 Å². The molecule has 7 heterocycles. The van der Waals surface area contributed by atoms with E-state index in [2.05, 4.69) is 31.1 Å². The summed E-state index contributed by atoms with van der Waals surface area (Å²) in [6, 6.07) is 8.48. The standard InChI is InChI=1S/C32H29FN8O3/c1-44-26-9-5-17(13-22(26)33)23-7-4-18(15-35-23)20-3-2-12-40-30(20)38-28(27-25(42)10-11-34-31(27)40)21-14-19-6-8-24(21)41(19)32(43)29-36-16-37-39-29/h3-5,7,9,13,15-16,19,24,27H,2,6,8,10-12,14H2,1H3,(H,36,37,39). The maximum atomic E-state index is 14.4. The van der Waals surface area contributed by atoms with E-state index in [1.165, 1.54) is 19.5 Å². The van der Waals surface area contributed by atoms with Gasteiger partial charge in [0.05, 0.1) is 24.5 Å². The summed E-state index contributed by atoms with van der Waals surface area (Å²) in [4.78, 5) is 49.7. The summed E-state index contributed by atoms with van der Waals surface area (Å²) in [5.74, 6) is 0.841. The number of carbonyl (C=O) groups is 2. The van der Waals surface area contributed by atoms with Gasteiger partial charge in [0.1, 0.15) is 23.9 Å². The number of Topliss-reactive ketones (excluding diaryl/α,β-unsaturated/α-hetero) is 1. The molecular weight excluding hydrogens is 563 g/mol. The van der Waals surface area contributed by atoms with E-state index < -0.39 is 11.7 Å². The summed E-state index contributed by atoms with van der Waals surface area (Å²) in [5, 5.41) is 6.56. The number of aliphatic imine (C=N–C) groups is 2. The van der Waals surface area contributed by atoms with Crippen molar-refractivity contribution in [2.45, 2.75) is 44.2 Å². The molecule has 5 aliphatic heterocycles. The third kappa shape index (κ3) is 4.11. The predicted molar refractivity (Wildman–Crippen MR) is 159 cm³/mol. The van der Waals surface area contributed by atoms with Gasteiger partial charge >= 0.3 is 0 Å². The number of methoxy groups -OCH3 is 1. The van der Waals surface area contributed by atoms with Crippen LogP contribution in [0, 0.1) is 11.7 Å². The number of carbonyl (C=O) groups excluding carboxylic acids is 2. The number of nitrogens with zero attached hydrogens (tertiary/aromatic N) is 7. The number of amidine groups is 2. The molecule has 3 unspecified atom stereocenters. The zero-order chi connectivity index (χ0) is 29.9. The van der Waals surface area contributed by atoms with E-state index >= 15 is 0 Å². The lowest BCUT2D eigenvalue weighted by Gasteiger charge is -2.41. The molecule has 2 bridgehead atoms. The van der Waals surface area contributed by atoms with Crippen LogP contribution < -0.4 is 4.74 Å². The van der Waals surface area contributed by atoms with Crippen molar-refractivity contribution in [3.8, 4) is 17.0 Å². The van der Waals surface area contributed by atoms with E-state index in [9.17, 15) is 14.0 Å². The van der Waals surface area contributed by atoms with Gasteiger partial charge < -0.3 is 14.5 Å². The Morgan fingerprint density at radius 1 is 1.14 bits per heavy atom. The minimum atomic E-state index is -0.533. The lowest BCUT2D eigenvalue weighted by molar-refractivity contribution is -0.120. The van der Waals surface area contributed by atoms with Gasteiger partial charge in [0, 0.05) is 48.4 Å². The number of ether oxygens (including phenoxy) is 1. The summed E-state index contributed by atoms with van der Waals surface area (Å²) in [7, 11) is 1.43. The van der Waals surface area contributed by atoms with Gasteiger partial charge in [0.2, 0.25) is 5.82 Å². The monoisotopic (exact) mass is 592 g/mol. The lowest BCUT2D eigenvalue weighted by atomic mass is 9.83. The Labute approximate surface area is 252 Å². The number of halogens is 1. The van der Waals surface area contributed by atoms with Gasteiger partial charge in [-0.2, -0.15) is 5.10 Å². The smallest absolute Gasteiger partial charge is 0.291 e. The van der Waals surface area contributed by atoms with Crippen molar-refractivity contribution in [3.63, 3.8) is 0 Å². The number of hydrogen-bond donors (Lipinski definition) is 1. The Hall–Kier alpha value is -5.00. The molecule has 8 rings (SSSR count). The van der Waals surface area contributed by atoms with Crippen molar-refractivity contribution in [3.05, 3.63) is 77.4 Å². The van der Waals surface area contributed by atoms with Crippen molar-refractivity contribution in [1.29, 1.82) is 0 Å². The zero-order valence-corrected chi connectivity index (χ0v) is 24.0. The van der Waals surface area contributed by atoms with Gasteiger partial charge in [-0.25, -0.2) is 14.4 Å². The number of pyridine rings is 1. The molecule has 1 amide bonds. The minimum absolute atomic E-state index is 0.0262. The molecule has 0 spiro atoms. The normalized spacial score (nSPS) is 25.7. The summed E-state index contributed by atoms with van der Waals surface area (Å²) >= 11 is 0. The molecular formula is C32H29FN8O3. The van der Waals surface area contributed by atoms with Crippen molar-refractivity contribution < 1.29 is 18.7 Å². The Bertz CT molecular complexity index is 1810. The first-order valence-corrected chi connectivity index (χ1v) is 14.9. The van der Waals surface area contributed by atoms with Crippen LogP contribution in [0.25, 0.3) is 16.8 Å². The molecule has 0 aliphatic carbocycles. The summed E-state index contributed by atoms with van der Waals surface area (Å²) in [6.45, 7) is 1.12. The van der Waals surface area contributed by atoms with Gasteiger partial charge in [-0.05, 0) is 55.5 Å². The molecule has 3 aromatic rings. The van der Waals surface area contributed by atoms with E-state index in [0.29, 0.717) is 37.2 Å². The highest BCUT2D eigenvalue weighted by molar-refractivity contribution is 6.31. The number of amides is 1. The second kappa shape index (κ2) is 10.3. The number of aromatic amines is 1. The molecule has 44 heavy (non-hydrogen) atoms. The van der Waals surface area contributed by atoms with Crippen LogP contribution in [0.2, 0.25) is 0 Å². The molecule has 222 valence electrons. The van der Waals surface area contributed by atoms with Crippen molar-refractivity contribution >= 4 is 28.9 Å². The molecule has 1 N–H and O–H groups in total. The topological polar surface area (TPSA) is 129 Å². The first kappa shape index (κ1) is 26.6. The second-order valence-corrected chi connectivity index (χ2v) is 11.6. The highest BCUT2D eigenvalue weighted by atomic mass is 19.1. The average Bonchev–Trinajstić information content (AvgIpc) is 3.82. The number of H-pyrrole nitrogens is 1. The lowest BCUT2D eigenvalue weighted by Crippen LogP contribution is -2.51. The highest BCUT2D eigenvalue weighted by Gasteiger charge is 2.51. The first-order chi connectivity index (χ1) is 21.5. The molecule has 2 saturated heterocycles. The van der Waals surface area contributed by atoms with Crippen molar-refractivity contribution in [2.24, 2.45) is 15.9 Å². The molecule has 2 aromatic heterocycles. The van der Waals surface area contributed by atoms with Gasteiger partial charge in [-0.15, -0.1) is 0 Å². The third-order valence-electron chi connectivity index (χ3n) is 9.25. The number of rotatable bonds is 4. The van der Waals surface area contributed by atoms with Crippen LogP contribution in [0.3, 0.4) is 0 Å². The Morgan fingerprint density at radius 3 is 2.80 bits per heavy atom. The van der Waals surface area contributed by atoms with E-state index in [1.54, 1.807) is 18.3 Å². The Morgan fingerprint density at radius 2 is 2.02 bits per heavy atom. The molecule has 1 aromatic carbocycles. The predicted octanol–water partition coefficient (Wildman–Crippen LogP) is 3.83. The minimum Gasteiger partial charge on any atom is -0.494 e. The summed E-state index contributed by atoms with van der Waals surface area (Å²) < 4.78 is 19.4. The molecule has 11 nitrogen and oxygen atoms in total. The van der Waals surface area contributed by atoms with E-state index in [0.717, 1.165) is 53.3 Å². The summed E-state index contributed by atoms with van der Waals surface area (Å²) in [5.41, 5.74) is 4.83. The number of hydrogen-bond acceptors (Lipinski definition) is 9. The van der Waals surface area contributed by atoms with Crippen LogP contribution in [-0.2, 0) is 4.79 Å².